The highest BCUT2D eigenvalue weighted by atomic mass is 35.9. The summed E-state index contributed by atoms with van der Waals surface area (Å²) in [5.41, 5.74) is 0.840. The molecule has 0 aliphatic carbocycles. The lowest BCUT2D eigenvalue weighted by Gasteiger charge is -2.30. The fraction of sp³-hybridized carbons (Fsp3) is 0.610. The van der Waals surface area contributed by atoms with Crippen LogP contribution in [0.4, 0.5) is 5.82 Å². The number of ether oxygens (including phenoxy) is 11. The van der Waals surface area contributed by atoms with Crippen LogP contribution in [-0.4, -0.2) is 242 Å². The molecule has 6 aliphatic heterocycles. The number of halogens is 11. The lowest BCUT2D eigenvalue weighted by molar-refractivity contribution is -0.216. The molecule has 1 aromatic carbocycles. The molecule has 9 aromatic rings. The van der Waals surface area contributed by atoms with Gasteiger partial charge in [0.05, 0.1) is 62.9 Å². The molecule has 135 heavy (non-hydrogen) atoms. The lowest BCUT2D eigenvalue weighted by atomic mass is 9.81. The van der Waals surface area contributed by atoms with E-state index in [2.05, 4.69) is 90.9 Å². The number of aromatic amines is 1. The fourth-order valence-electron chi connectivity index (χ4n) is 15.5. The minimum absolute atomic E-state index is 0.0163. The lowest BCUT2D eigenvalue weighted by Crippen LogP contribution is -2.46. The molecule has 15 rings (SSSR count). The van der Waals surface area contributed by atoms with Gasteiger partial charge >= 0.3 is 39.1 Å². The molecule has 8 aromatic heterocycles. The van der Waals surface area contributed by atoms with E-state index in [1.807, 2.05) is 99.6 Å². The Balaban J connectivity index is 0.000000185. The summed E-state index contributed by atoms with van der Waals surface area (Å²) in [4.78, 5) is 124. The molecule has 14 heterocycles. The maximum Gasteiger partial charge on any atom is 0.340 e. The first-order chi connectivity index (χ1) is 62.4. The van der Waals surface area contributed by atoms with E-state index in [0.717, 1.165) is 24.8 Å². The predicted molar refractivity (Wildman–Crippen MR) is 500 cm³/mol. The highest BCUT2D eigenvalue weighted by Gasteiger charge is 2.60. The quantitative estimate of drug-likeness (QED) is 0.0109. The number of fused-ring (bicyclic) bond motifs is 5. The number of hydrogen-bond acceptors (Lipinski definition) is 36. The molecule has 17 atom stereocenters. The van der Waals surface area contributed by atoms with Crippen molar-refractivity contribution in [2.45, 2.75) is 254 Å². The Labute approximate surface area is 827 Å². The molecule has 58 heteroatoms. The molecule has 6 aliphatic rings. The summed E-state index contributed by atoms with van der Waals surface area (Å²) < 4.78 is 115. The van der Waals surface area contributed by atoms with Crippen LogP contribution >= 0.6 is 153 Å². The average molecular weight is 2200 g/mol. The Kier molecular flexibility index (Phi) is 38.2. The molecule has 748 valence electrons. The predicted octanol–water partition coefficient (Wildman–Crippen LogP) is 16.7. The summed E-state index contributed by atoms with van der Waals surface area (Å²) in [5.74, 6) is -10.5. The number of carbonyl (C=O) groups excluding carboxylic acids is 4. The van der Waals surface area contributed by atoms with Gasteiger partial charge in [-0.2, -0.15) is 24.9 Å². The summed E-state index contributed by atoms with van der Waals surface area (Å²) in [5, 5.41) is 34.9. The van der Waals surface area contributed by atoms with Crippen LogP contribution in [0.5, 0.6) is 0 Å². The summed E-state index contributed by atoms with van der Waals surface area (Å²) in [6, 6.07) is 9.51. The minimum Gasteiger partial charge on any atom is -0.457 e. The summed E-state index contributed by atoms with van der Waals surface area (Å²) in [6.45, 7) is 32.1. The Morgan fingerprint density at radius 2 is 0.926 bits per heavy atom. The van der Waals surface area contributed by atoms with Crippen LogP contribution < -0.4 is 5.32 Å². The maximum absolute atomic E-state index is 12.0. The summed E-state index contributed by atoms with van der Waals surface area (Å²) in [7, 11) is -9.55. The average Bonchev–Trinajstić information content (AvgIpc) is 1.62. The smallest absolute Gasteiger partial charge is 0.340 e. The van der Waals surface area contributed by atoms with Gasteiger partial charge in [-0.1, -0.05) is 141 Å². The monoisotopic (exact) mass is 2190 g/mol. The topological polar surface area (TPSA) is 566 Å². The number of nitrogens with zero attached hydrogens (tertiary/aromatic N) is 15. The molecular weight excluding hydrogens is 2090 g/mol. The largest absolute Gasteiger partial charge is 0.457 e. The second-order valence-corrected chi connectivity index (χ2v) is 51.7. The van der Waals surface area contributed by atoms with E-state index < -0.39 is 142 Å². The number of aromatic nitrogens is 16. The molecule has 8 N–H and O–H groups in total. The number of nitrogens with one attached hydrogen (secondary N) is 2. The van der Waals surface area contributed by atoms with E-state index in [0.29, 0.717) is 51.4 Å². The van der Waals surface area contributed by atoms with Crippen LogP contribution in [0.25, 0.3) is 44.7 Å². The van der Waals surface area contributed by atoms with Gasteiger partial charge in [0.2, 0.25) is 27.4 Å². The highest BCUT2D eigenvalue weighted by molar-refractivity contribution is 8.21. The van der Waals surface area contributed by atoms with Gasteiger partial charge < -0.3 is 96.9 Å². The molecule has 6 fully saturated rings. The molecular formula is C77H102Cl11N17O26P4. The number of aliphatic hydroxyl groups excluding tert-OH is 2. The number of benzene rings is 1. The SMILES string of the molecule is CC(=O)O[C@H]1[C@H](n2cnc3c(Cl)nc(Cl)nc32)O[C@H](CO)C1(C)C.CC[C@H]1OC(OC(C)=O)[C@H](OC(C)=O)C1(C)C.CC[C@H]1O[C@@H](n2cnc3c(Cl)nc(Cl)nc32)[C@H](OC(C)=O)C1(C)C.CC[C@H]1O[C@@H]2OC(C)(C)O[C@@H]2C1(C)C.C[C@@]1(O)[C@@H](COP(=O)(O)CP(=O)(O)O)O[C@@H](n2cnc3c(NCc4ccccc4)nc(Cl)nc32)[C@@H]1O.Clc1nc(Cl)c2[nH]cnc2n1.O=P(Cl)(Cl)CP(=O)(Cl)Cl. The van der Waals surface area contributed by atoms with Crippen LogP contribution in [0.15, 0.2) is 55.6 Å². The van der Waals surface area contributed by atoms with E-state index in [1.54, 1.807) is 15.5 Å². The van der Waals surface area contributed by atoms with Gasteiger partial charge in [-0.25, -0.2) is 34.9 Å². The summed E-state index contributed by atoms with van der Waals surface area (Å²) >= 11 is 61.2. The summed E-state index contributed by atoms with van der Waals surface area (Å²) in [6.07, 6.45) is -0.199. The third-order valence-electron chi connectivity index (χ3n) is 22.1. The minimum atomic E-state index is -4.84. The Morgan fingerprint density at radius 3 is 1.39 bits per heavy atom. The standard InChI is InChI=1S/C19H24ClN5O9P2.C15H18Cl2N4O3.C14H16Cl2N4O4.C12H20O5.C11H20O3.C5H2Cl2N4.CH2Cl4O2P2/c1-19(27)12(8-33-36(31,32)10-35(28,29)30)34-17(14(19)26)25-9-22-13-15(23-18(20)24-16(13)25)21-7-11-5-3-2-4-6-11;1-5-8-15(3,4)10(23-7(2)22)13(24-8)21-6-18-9-11(16)19-14(17)20-12(9)21;1-6(22)23-9-12(24-7(4-21)14(9,2)3)20-5-17-8-10(15)18-13(16)19-11(8)20;1-6-9-12(4,5)10(15-7(2)13)11(17-9)16-8(3)14;1-6-7-10(2,3)8-9(12-7)14-11(4,5)13-8;6-3-2-4(9-1-8-2)11-5(7)10-3;2-8(3,6)1-9(4,5)7/h2-6,9,12,14,17,26-27H,7-8,10H2,1H3,(H,31,32)(H,21,23,24)(H2,28,29,30);6,8,10,13H,5H2,1-4H3;5,7,9,12,21H,4H2,1-3H3;9-11H,6H2,1-5H3;7-9H,6H2,1-5H3;1H,(H,8,9,10,11);1H2/t12-,14+,17-,19-;8-,10+,13-;7-,9+,12-;9-,10+,11?;7-,8+,9-;;/m11111../s1. The van der Waals surface area contributed by atoms with Crippen molar-refractivity contribution in [3.05, 3.63) is 97.8 Å². The van der Waals surface area contributed by atoms with E-state index in [1.165, 1.54) is 58.2 Å². The van der Waals surface area contributed by atoms with Gasteiger partial charge in [-0.15, -0.1) is 0 Å². The van der Waals surface area contributed by atoms with Gasteiger partial charge in [0, 0.05) is 55.9 Å². The van der Waals surface area contributed by atoms with Crippen molar-refractivity contribution in [3.8, 4) is 0 Å². The van der Waals surface area contributed by atoms with Gasteiger partial charge in [0.15, 0.2) is 104 Å². The van der Waals surface area contributed by atoms with Crippen molar-refractivity contribution in [2.75, 3.05) is 30.3 Å². The number of rotatable bonds is 21. The third kappa shape index (κ3) is 28.6. The Bertz CT molecular complexity index is 5750. The Morgan fingerprint density at radius 1 is 0.504 bits per heavy atom. The van der Waals surface area contributed by atoms with Crippen LogP contribution in [0.2, 0.25) is 36.6 Å². The van der Waals surface area contributed by atoms with Gasteiger partial charge in [0.1, 0.15) is 46.4 Å². The first-order valence-electron chi connectivity index (χ1n) is 41.0. The molecule has 0 bridgehead atoms. The maximum atomic E-state index is 12.0. The zero-order chi connectivity index (χ0) is 101. The van der Waals surface area contributed by atoms with E-state index in [-0.39, 0.29) is 102 Å². The number of imidazole rings is 4. The van der Waals surface area contributed by atoms with Crippen molar-refractivity contribution in [1.29, 1.82) is 0 Å². The van der Waals surface area contributed by atoms with Crippen LogP contribution in [0, 0.1) is 21.7 Å². The second kappa shape index (κ2) is 45.5. The van der Waals surface area contributed by atoms with Crippen LogP contribution in [0.3, 0.4) is 0 Å². The number of hydrogen-bond donors (Lipinski definition) is 8. The molecule has 0 saturated carbocycles. The zero-order valence-corrected chi connectivity index (χ0v) is 87.4. The number of carbonyl (C=O) groups is 4. The van der Waals surface area contributed by atoms with E-state index in [4.69, 9.17) is 193 Å². The van der Waals surface area contributed by atoms with Crippen LogP contribution in [0.1, 0.15) is 168 Å². The van der Waals surface area contributed by atoms with Crippen molar-refractivity contribution in [3.63, 3.8) is 0 Å². The highest BCUT2D eigenvalue weighted by Crippen LogP contribution is 2.72. The van der Waals surface area contributed by atoms with Gasteiger partial charge in [-0.3, -0.25) is 51.1 Å². The molecule has 0 amide bonds. The molecule has 6 saturated heterocycles. The van der Waals surface area contributed by atoms with Crippen molar-refractivity contribution >= 4 is 227 Å². The van der Waals surface area contributed by atoms with E-state index in [9.17, 15) is 57.7 Å². The van der Waals surface area contributed by atoms with Gasteiger partial charge in [-0.05, 0) is 137 Å². The fourth-order valence-corrected chi connectivity index (χ4v) is 28.4. The first kappa shape index (κ1) is 113. The number of H-pyrrole nitrogens is 1. The van der Waals surface area contributed by atoms with Crippen molar-refractivity contribution in [2.24, 2.45) is 21.7 Å². The van der Waals surface area contributed by atoms with Crippen molar-refractivity contribution in [1.82, 2.24) is 78.5 Å². The van der Waals surface area contributed by atoms with Crippen LogP contribution in [-0.2, 0) is 101 Å². The zero-order valence-electron chi connectivity index (χ0n) is 75.5. The van der Waals surface area contributed by atoms with Gasteiger partial charge in [0.25, 0.3) is 11.7 Å². The molecule has 2 unspecified atom stereocenters. The van der Waals surface area contributed by atoms with Crippen molar-refractivity contribution < 1.29 is 124 Å². The Hall–Kier alpha value is -5.35. The van der Waals surface area contributed by atoms with E-state index >= 15 is 0 Å². The second-order valence-electron chi connectivity index (χ2n) is 34.3. The molecule has 43 nitrogen and oxygen atoms in total. The number of anilines is 1. The third-order valence-corrected chi connectivity index (χ3v) is 33.5. The number of aliphatic hydroxyl groups is 3. The first-order valence-corrected chi connectivity index (χ1v) is 54.6. The number of esters is 4. The normalized spacial score (nSPS) is 26.5. The molecule has 0 spiro atoms. The molecule has 0 radical (unpaired) electrons.